The smallest absolute Gasteiger partial charge is 0.166 e. The molecule has 0 unspecified atom stereocenters. The maximum absolute atomic E-state index is 12.5. The Hall–Kier alpha value is -1.03. The minimum atomic E-state index is -4.32. The van der Waals surface area contributed by atoms with Gasteiger partial charge in [-0.1, -0.05) is 30.3 Å². The largest absolute Gasteiger partial charge is 0.417 e. The van der Waals surface area contributed by atoms with Gasteiger partial charge in [0.15, 0.2) is 0 Å². The Bertz CT molecular complexity index is 503. The van der Waals surface area contributed by atoms with Crippen molar-refractivity contribution in [2.75, 3.05) is 0 Å². The van der Waals surface area contributed by atoms with Crippen LogP contribution in [-0.4, -0.2) is 0 Å². The van der Waals surface area contributed by atoms with Crippen molar-refractivity contribution in [3.63, 3.8) is 0 Å². The van der Waals surface area contributed by atoms with Crippen LogP contribution in [0.15, 0.2) is 40.9 Å². The number of hydrogen-bond donors (Lipinski definition) is 0. The fraction of sp³-hybridized carbons (Fsp3) is 0.0909. The summed E-state index contributed by atoms with van der Waals surface area (Å²) >= 11 is 3.00. The third-order valence-electron chi connectivity index (χ3n) is 2.17. The molecule has 2 aromatic carbocycles. The van der Waals surface area contributed by atoms with Gasteiger partial charge in [-0.3, -0.25) is 0 Å². The lowest BCUT2D eigenvalue weighted by atomic mass is 10.1. The average Bonchev–Trinajstić information content (AvgIpc) is 2.16. The molecule has 0 nitrogen and oxygen atoms in total. The molecule has 0 aliphatic heterocycles. The highest BCUT2D eigenvalue weighted by Gasteiger charge is 2.33. The molecule has 0 saturated carbocycles. The molecule has 0 aromatic heterocycles. The van der Waals surface area contributed by atoms with Crippen LogP contribution in [0.2, 0.25) is 0 Å². The van der Waals surface area contributed by atoms with Gasteiger partial charge < -0.3 is 0 Å². The van der Waals surface area contributed by atoms with Crippen LogP contribution >= 0.6 is 15.9 Å². The van der Waals surface area contributed by atoms with Gasteiger partial charge in [0.2, 0.25) is 0 Å². The normalized spacial score (nSPS) is 12.0. The second kappa shape index (κ2) is 3.52. The fourth-order valence-electron chi connectivity index (χ4n) is 1.45. The first-order valence-electron chi connectivity index (χ1n) is 4.24. The van der Waals surface area contributed by atoms with E-state index < -0.39 is 11.7 Å². The summed E-state index contributed by atoms with van der Waals surface area (Å²) < 4.78 is 37.7. The van der Waals surface area contributed by atoms with Crippen LogP contribution in [-0.2, 0) is 6.18 Å². The molecule has 78 valence electrons. The summed E-state index contributed by atoms with van der Waals surface area (Å²) in [6.45, 7) is 0. The van der Waals surface area contributed by atoms with E-state index in [1.165, 1.54) is 6.07 Å². The van der Waals surface area contributed by atoms with Gasteiger partial charge in [0.25, 0.3) is 0 Å². The number of alkyl halides is 3. The Kier molecular flexibility index (Phi) is 2.46. The lowest BCUT2D eigenvalue weighted by molar-refractivity contribution is -0.138. The predicted molar refractivity (Wildman–Crippen MR) is 56.7 cm³/mol. The van der Waals surface area contributed by atoms with Crippen molar-refractivity contribution < 1.29 is 13.2 Å². The molecule has 0 fully saturated rings. The minimum absolute atomic E-state index is 0.105. The van der Waals surface area contributed by atoms with Crippen molar-refractivity contribution in [1.82, 2.24) is 0 Å². The summed E-state index contributed by atoms with van der Waals surface area (Å²) in [6.07, 6.45) is -4.32. The van der Waals surface area contributed by atoms with Crippen LogP contribution in [0.5, 0.6) is 0 Å². The third kappa shape index (κ3) is 1.86. The first kappa shape index (κ1) is 10.5. The maximum Gasteiger partial charge on any atom is 0.417 e. The summed E-state index contributed by atoms with van der Waals surface area (Å²) in [5.41, 5.74) is -0.638. The molecule has 0 amide bonds. The molecule has 0 saturated heterocycles. The van der Waals surface area contributed by atoms with E-state index in [1.807, 2.05) is 0 Å². The number of fused-ring (bicyclic) bond motifs is 1. The van der Waals surface area contributed by atoms with E-state index >= 15 is 0 Å². The SMILES string of the molecule is FC(F)(F)c1ccc2ccccc2c1Br. The van der Waals surface area contributed by atoms with Crippen LogP contribution in [0, 0.1) is 0 Å². The Morgan fingerprint density at radius 3 is 2.27 bits per heavy atom. The molecule has 15 heavy (non-hydrogen) atoms. The highest BCUT2D eigenvalue weighted by Crippen LogP contribution is 2.38. The molecule has 2 rings (SSSR count). The highest BCUT2D eigenvalue weighted by atomic mass is 79.9. The summed E-state index contributed by atoms with van der Waals surface area (Å²) in [4.78, 5) is 0. The summed E-state index contributed by atoms with van der Waals surface area (Å²) in [6, 6.07) is 9.51. The molecule has 0 N–H and O–H groups in total. The van der Waals surface area contributed by atoms with Crippen LogP contribution in [0.3, 0.4) is 0 Å². The van der Waals surface area contributed by atoms with E-state index in [-0.39, 0.29) is 4.47 Å². The first-order chi connectivity index (χ1) is 7.00. The van der Waals surface area contributed by atoms with E-state index in [1.54, 1.807) is 24.3 Å². The van der Waals surface area contributed by atoms with Gasteiger partial charge in [0, 0.05) is 4.47 Å². The molecule has 4 heteroatoms. The van der Waals surface area contributed by atoms with Crippen LogP contribution in [0.1, 0.15) is 5.56 Å². The van der Waals surface area contributed by atoms with Crippen molar-refractivity contribution in [2.24, 2.45) is 0 Å². The van der Waals surface area contributed by atoms with Crippen molar-refractivity contribution in [3.05, 3.63) is 46.4 Å². The molecule has 0 radical (unpaired) electrons. The van der Waals surface area contributed by atoms with Gasteiger partial charge in [-0.15, -0.1) is 0 Å². The molecule has 0 spiro atoms. The number of benzene rings is 2. The van der Waals surface area contributed by atoms with E-state index in [9.17, 15) is 13.2 Å². The molecule has 0 bridgehead atoms. The summed E-state index contributed by atoms with van der Waals surface area (Å²) in [5, 5.41) is 1.37. The Morgan fingerprint density at radius 2 is 1.60 bits per heavy atom. The molecular weight excluding hydrogens is 269 g/mol. The Balaban J connectivity index is 2.76. The van der Waals surface area contributed by atoms with E-state index in [2.05, 4.69) is 15.9 Å². The van der Waals surface area contributed by atoms with E-state index in [4.69, 9.17) is 0 Å². The van der Waals surface area contributed by atoms with Gasteiger partial charge in [-0.25, -0.2) is 0 Å². The van der Waals surface area contributed by atoms with Crippen LogP contribution in [0.4, 0.5) is 13.2 Å². The number of rotatable bonds is 0. The first-order valence-corrected chi connectivity index (χ1v) is 5.04. The van der Waals surface area contributed by atoms with E-state index in [0.717, 1.165) is 11.5 Å². The van der Waals surface area contributed by atoms with Crippen molar-refractivity contribution in [2.45, 2.75) is 6.18 Å². The summed E-state index contributed by atoms with van der Waals surface area (Å²) in [5.74, 6) is 0. The van der Waals surface area contributed by atoms with Gasteiger partial charge in [-0.2, -0.15) is 13.2 Å². The zero-order valence-electron chi connectivity index (χ0n) is 7.48. The fourth-order valence-corrected chi connectivity index (χ4v) is 2.17. The van der Waals surface area contributed by atoms with Gasteiger partial charge in [0.1, 0.15) is 0 Å². The van der Waals surface area contributed by atoms with Crippen molar-refractivity contribution >= 4 is 26.7 Å². The third-order valence-corrected chi connectivity index (χ3v) is 3.02. The lowest BCUT2D eigenvalue weighted by Crippen LogP contribution is -2.05. The van der Waals surface area contributed by atoms with Crippen molar-refractivity contribution in [1.29, 1.82) is 0 Å². The second-order valence-corrected chi connectivity index (χ2v) is 3.94. The van der Waals surface area contributed by atoms with Crippen LogP contribution < -0.4 is 0 Å². The summed E-state index contributed by atoms with van der Waals surface area (Å²) in [7, 11) is 0. The molecule has 2 aromatic rings. The lowest BCUT2D eigenvalue weighted by Gasteiger charge is -2.10. The average molecular weight is 275 g/mol. The zero-order valence-corrected chi connectivity index (χ0v) is 9.06. The molecule has 0 aliphatic carbocycles. The van der Waals surface area contributed by atoms with Gasteiger partial charge in [-0.05, 0) is 32.8 Å². The molecule has 0 heterocycles. The Labute approximate surface area is 92.8 Å². The number of hydrogen-bond acceptors (Lipinski definition) is 0. The Morgan fingerprint density at radius 1 is 0.933 bits per heavy atom. The molecule has 0 aliphatic rings. The van der Waals surface area contributed by atoms with Crippen LogP contribution in [0.25, 0.3) is 10.8 Å². The predicted octanol–water partition coefficient (Wildman–Crippen LogP) is 4.62. The topological polar surface area (TPSA) is 0 Å². The maximum atomic E-state index is 12.5. The molecule has 0 atom stereocenters. The highest BCUT2D eigenvalue weighted by molar-refractivity contribution is 9.10. The van der Waals surface area contributed by atoms with E-state index in [0.29, 0.717) is 5.39 Å². The zero-order chi connectivity index (χ0) is 11.1. The number of halogens is 4. The monoisotopic (exact) mass is 274 g/mol. The molecular formula is C11H6BrF3. The van der Waals surface area contributed by atoms with Gasteiger partial charge in [0.05, 0.1) is 5.56 Å². The standard InChI is InChI=1S/C11H6BrF3/c12-10-8-4-2-1-3-7(8)5-6-9(10)11(13,14)15/h1-6H. The second-order valence-electron chi connectivity index (χ2n) is 3.15. The van der Waals surface area contributed by atoms with Gasteiger partial charge >= 0.3 is 6.18 Å². The van der Waals surface area contributed by atoms with Crippen molar-refractivity contribution in [3.8, 4) is 0 Å². The minimum Gasteiger partial charge on any atom is -0.166 e. The quantitative estimate of drug-likeness (QED) is 0.658.